The van der Waals surface area contributed by atoms with E-state index in [1.54, 1.807) is 12.4 Å². The molecule has 0 atom stereocenters. The van der Waals surface area contributed by atoms with E-state index >= 15 is 0 Å². The highest BCUT2D eigenvalue weighted by Gasteiger charge is 2.10. The van der Waals surface area contributed by atoms with Gasteiger partial charge in [0.05, 0.1) is 0 Å². The molecular weight excluding hydrogens is 269 g/mol. The van der Waals surface area contributed by atoms with E-state index in [9.17, 15) is 0 Å². The molecule has 0 aliphatic heterocycles. The Morgan fingerprint density at radius 2 is 2.00 bits per heavy atom. The summed E-state index contributed by atoms with van der Waals surface area (Å²) in [5.41, 5.74) is 3.00. The van der Waals surface area contributed by atoms with Crippen molar-refractivity contribution in [2.75, 3.05) is 12.4 Å². The lowest BCUT2D eigenvalue weighted by molar-refractivity contribution is 1.02. The number of aromatic nitrogens is 2. The van der Waals surface area contributed by atoms with Crippen molar-refractivity contribution in [3.05, 3.63) is 51.4 Å². The Kier molecular flexibility index (Phi) is 4.04. The van der Waals surface area contributed by atoms with E-state index in [4.69, 9.17) is 23.2 Å². The Morgan fingerprint density at radius 1 is 1.22 bits per heavy atom. The zero-order valence-corrected chi connectivity index (χ0v) is 11.7. The standard InChI is InChI=1S/C13H13Cl2N3/c1-8-11(13(16-2)18-7-17-8)5-9-3-4-10(14)6-12(9)15/h3-4,6-7H,5H2,1-2H3,(H,16,17,18). The molecular formula is C13H13Cl2N3. The quantitative estimate of drug-likeness (QED) is 0.932. The summed E-state index contributed by atoms with van der Waals surface area (Å²) in [6.07, 6.45) is 2.23. The molecule has 2 rings (SSSR count). The monoisotopic (exact) mass is 281 g/mol. The van der Waals surface area contributed by atoms with Crippen molar-refractivity contribution < 1.29 is 0 Å². The minimum atomic E-state index is 0.638. The zero-order valence-electron chi connectivity index (χ0n) is 10.2. The second-order valence-electron chi connectivity index (χ2n) is 3.95. The molecule has 94 valence electrons. The summed E-state index contributed by atoms with van der Waals surface area (Å²) in [4.78, 5) is 8.42. The molecule has 5 heteroatoms. The van der Waals surface area contributed by atoms with Crippen molar-refractivity contribution in [2.24, 2.45) is 0 Å². The second-order valence-corrected chi connectivity index (χ2v) is 4.79. The fourth-order valence-corrected chi connectivity index (χ4v) is 2.26. The van der Waals surface area contributed by atoms with Gasteiger partial charge in [-0.1, -0.05) is 29.3 Å². The van der Waals surface area contributed by atoms with Gasteiger partial charge in [0, 0.05) is 34.8 Å². The van der Waals surface area contributed by atoms with Gasteiger partial charge in [0.25, 0.3) is 0 Å². The topological polar surface area (TPSA) is 37.8 Å². The normalized spacial score (nSPS) is 10.4. The predicted octanol–water partition coefficient (Wildman–Crippen LogP) is 3.72. The van der Waals surface area contributed by atoms with Gasteiger partial charge >= 0.3 is 0 Å². The van der Waals surface area contributed by atoms with Crippen molar-refractivity contribution in [3.8, 4) is 0 Å². The van der Waals surface area contributed by atoms with Gasteiger partial charge in [0.2, 0.25) is 0 Å². The third-order valence-electron chi connectivity index (χ3n) is 2.78. The van der Waals surface area contributed by atoms with Crippen LogP contribution < -0.4 is 5.32 Å². The molecule has 0 fully saturated rings. The van der Waals surface area contributed by atoms with Crippen LogP contribution in [0.5, 0.6) is 0 Å². The van der Waals surface area contributed by atoms with Crippen LogP contribution in [0.2, 0.25) is 10.0 Å². The van der Waals surface area contributed by atoms with Gasteiger partial charge in [-0.25, -0.2) is 9.97 Å². The van der Waals surface area contributed by atoms with Gasteiger partial charge in [0.1, 0.15) is 12.1 Å². The maximum Gasteiger partial charge on any atom is 0.132 e. The Bertz CT molecular complexity index is 570. The fraction of sp³-hybridized carbons (Fsp3) is 0.231. The number of rotatable bonds is 3. The van der Waals surface area contributed by atoms with Crippen LogP contribution in [0.25, 0.3) is 0 Å². The first kappa shape index (κ1) is 13.1. The van der Waals surface area contributed by atoms with Crippen LogP contribution in [0, 0.1) is 6.92 Å². The zero-order chi connectivity index (χ0) is 13.1. The molecule has 0 saturated carbocycles. The van der Waals surface area contributed by atoms with Crippen LogP contribution in [0.3, 0.4) is 0 Å². The Morgan fingerprint density at radius 3 is 2.67 bits per heavy atom. The second kappa shape index (κ2) is 5.55. The number of nitrogens with zero attached hydrogens (tertiary/aromatic N) is 2. The van der Waals surface area contributed by atoms with Gasteiger partial charge in [-0.15, -0.1) is 0 Å². The largest absolute Gasteiger partial charge is 0.373 e. The Hall–Kier alpha value is -1.32. The molecule has 2 aromatic rings. The molecule has 1 N–H and O–H groups in total. The Labute approximate surface area is 116 Å². The number of anilines is 1. The van der Waals surface area contributed by atoms with Crippen LogP contribution in [0.4, 0.5) is 5.82 Å². The Balaban J connectivity index is 2.39. The van der Waals surface area contributed by atoms with Crippen LogP contribution in [0.15, 0.2) is 24.5 Å². The highest BCUT2D eigenvalue weighted by Crippen LogP contribution is 2.26. The lowest BCUT2D eigenvalue weighted by atomic mass is 10.0. The first-order valence-electron chi connectivity index (χ1n) is 5.54. The number of nitrogens with one attached hydrogen (secondary N) is 1. The third-order valence-corrected chi connectivity index (χ3v) is 3.37. The number of halogens is 2. The molecule has 0 unspecified atom stereocenters. The maximum absolute atomic E-state index is 6.18. The van der Waals surface area contributed by atoms with Crippen molar-refractivity contribution >= 4 is 29.0 Å². The van der Waals surface area contributed by atoms with Gasteiger partial charge in [-0.3, -0.25) is 0 Å². The molecule has 0 radical (unpaired) electrons. The first-order chi connectivity index (χ1) is 8.61. The molecule has 0 spiro atoms. The van der Waals surface area contributed by atoms with E-state index in [0.29, 0.717) is 16.5 Å². The van der Waals surface area contributed by atoms with Gasteiger partial charge in [-0.05, 0) is 24.6 Å². The van der Waals surface area contributed by atoms with Crippen LogP contribution in [0.1, 0.15) is 16.8 Å². The van der Waals surface area contributed by atoms with Gasteiger partial charge < -0.3 is 5.32 Å². The minimum absolute atomic E-state index is 0.638. The highest BCUT2D eigenvalue weighted by atomic mass is 35.5. The van der Waals surface area contributed by atoms with E-state index in [0.717, 1.165) is 22.6 Å². The molecule has 0 amide bonds. The van der Waals surface area contributed by atoms with E-state index < -0.39 is 0 Å². The summed E-state index contributed by atoms with van der Waals surface area (Å²) >= 11 is 12.1. The van der Waals surface area contributed by atoms with Crippen molar-refractivity contribution in [1.29, 1.82) is 0 Å². The van der Waals surface area contributed by atoms with Crippen molar-refractivity contribution in [3.63, 3.8) is 0 Å². The molecule has 0 aliphatic carbocycles. The SMILES string of the molecule is CNc1ncnc(C)c1Cc1ccc(Cl)cc1Cl. The molecule has 0 bridgehead atoms. The summed E-state index contributed by atoms with van der Waals surface area (Å²) in [6.45, 7) is 1.96. The number of hydrogen-bond acceptors (Lipinski definition) is 3. The summed E-state index contributed by atoms with van der Waals surface area (Å²) < 4.78 is 0. The molecule has 3 nitrogen and oxygen atoms in total. The van der Waals surface area contributed by atoms with Crippen LogP contribution >= 0.6 is 23.2 Å². The number of hydrogen-bond donors (Lipinski definition) is 1. The summed E-state index contributed by atoms with van der Waals surface area (Å²) in [6, 6.07) is 5.51. The van der Waals surface area contributed by atoms with E-state index in [1.165, 1.54) is 0 Å². The summed E-state index contributed by atoms with van der Waals surface area (Å²) in [5.74, 6) is 0.827. The summed E-state index contributed by atoms with van der Waals surface area (Å²) in [5, 5.41) is 4.36. The average Bonchev–Trinajstić information content (AvgIpc) is 2.34. The van der Waals surface area contributed by atoms with Gasteiger partial charge in [-0.2, -0.15) is 0 Å². The lowest BCUT2D eigenvalue weighted by Crippen LogP contribution is -2.04. The lowest BCUT2D eigenvalue weighted by Gasteiger charge is -2.11. The van der Waals surface area contributed by atoms with Crippen molar-refractivity contribution in [1.82, 2.24) is 9.97 Å². The predicted molar refractivity (Wildman–Crippen MR) is 75.6 cm³/mol. The first-order valence-corrected chi connectivity index (χ1v) is 6.29. The van der Waals surface area contributed by atoms with E-state index in [-0.39, 0.29) is 0 Å². The van der Waals surface area contributed by atoms with Crippen LogP contribution in [-0.2, 0) is 6.42 Å². The van der Waals surface area contributed by atoms with E-state index in [2.05, 4.69) is 15.3 Å². The smallest absolute Gasteiger partial charge is 0.132 e. The molecule has 18 heavy (non-hydrogen) atoms. The van der Waals surface area contributed by atoms with Crippen molar-refractivity contribution in [2.45, 2.75) is 13.3 Å². The maximum atomic E-state index is 6.18. The molecule has 0 aliphatic rings. The minimum Gasteiger partial charge on any atom is -0.373 e. The number of aryl methyl sites for hydroxylation is 1. The van der Waals surface area contributed by atoms with Gasteiger partial charge in [0.15, 0.2) is 0 Å². The molecule has 1 aromatic carbocycles. The van der Waals surface area contributed by atoms with E-state index in [1.807, 2.05) is 26.1 Å². The third kappa shape index (κ3) is 2.74. The summed E-state index contributed by atoms with van der Waals surface area (Å²) in [7, 11) is 1.84. The molecule has 1 aromatic heterocycles. The average molecular weight is 282 g/mol. The van der Waals surface area contributed by atoms with Crippen LogP contribution in [-0.4, -0.2) is 17.0 Å². The fourth-order valence-electron chi connectivity index (χ4n) is 1.78. The molecule has 1 heterocycles. The molecule has 0 saturated heterocycles. The number of benzene rings is 1. The highest BCUT2D eigenvalue weighted by molar-refractivity contribution is 6.35.